The Morgan fingerprint density at radius 2 is 2.06 bits per heavy atom. The molecule has 0 bridgehead atoms. The highest BCUT2D eigenvalue weighted by molar-refractivity contribution is 5.78. The molecule has 0 unspecified atom stereocenters. The first kappa shape index (κ1) is 12.4. The lowest BCUT2D eigenvalue weighted by Gasteiger charge is -2.07. The van der Waals surface area contributed by atoms with Crippen molar-refractivity contribution >= 4 is 5.91 Å². The van der Waals surface area contributed by atoms with E-state index in [4.69, 9.17) is 0 Å². The number of aryl methyl sites for hydroxylation is 1. The third kappa shape index (κ3) is 2.97. The van der Waals surface area contributed by atoms with Gasteiger partial charge >= 0.3 is 0 Å². The standard InChI is InChI=1S/C14H15FN2O/c1-17-8-4-6-12(17)10-16-14(18)9-11-5-2-3-7-13(11)15/h2-8H,9-10H2,1H3,(H,16,18). The zero-order chi connectivity index (χ0) is 13.0. The molecule has 3 nitrogen and oxygen atoms in total. The van der Waals surface area contributed by atoms with E-state index in [1.165, 1.54) is 6.07 Å². The molecule has 0 radical (unpaired) electrons. The Bertz CT molecular complexity index is 548. The smallest absolute Gasteiger partial charge is 0.224 e. The molecule has 1 aromatic carbocycles. The van der Waals surface area contributed by atoms with Crippen molar-refractivity contribution in [3.63, 3.8) is 0 Å². The quantitative estimate of drug-likeness (QED) is 0.880. The summed E-state index contributed by atoms with van der Waals surface area (Å²) < 4.78 is 15.3. The Morgan fingerprint density at radius 3 is 2.72 bits per heavy atom. The van der Waals surface area contributed by atoms with Gasteiger partial charge in [0.1, 0.15) is 5.82 Å². The number of hydrogen-bond donors (Lipinski definition) is 1. The van der Waals surface area contributed by atoms with E-state index in [-0.39, 0.29) is 18.1 Å². The monoisotopic (exact) mass is 246 g/mol. The Hall–Kier alpha value is -2.10. The second-order valence-electron chi connectivity index (χ2n) is 4.16. The van der Waals surface area contributed by atoms with Gasteiger partial charge < -0.3 is 9.88 Å². The maximum atomic E-state index is 13.3. The summed E-state index contributed by atoms with van der Waals surface area (Å²) in [6, 6.07) is 10.2. The highest BCUT2D eigenvalue weighted by Gasteiger charge is 2.07. The van der Waals surface area contributed by atoms with E-state index >= 15 is 0 Å². The Labute approximate surface area is 105 Å². The second-order valence-corrected chi connectivity index (χ2v) is 4.16. The molecular weight excluding hydrogens is 231 g/mol. The van der Waals surface area contributed by atoms with E-state index in [2.05, 4.69) is 5.32 Å². The van der Waals surface area contributed by atoms with Gasteiger partial charge in [0.15, 0.2) is 0 Å². The van der Waals surface area contributed by atoms with Crippen LogP contribution in [0.25, 0.3) is 0 Å². The second kappa shape index (κ2) is 5.49. The van der Waals surface area contributed by atoms with E-state index < -0.39 is 0 Å². The molecule has 1 N–H and O–H groups in total. The highest BCUT2D eigenvalue weighted by Crippen LogP contribution is 2.07. The van der Waals surface area contributed by atoms with E-state index in [1.54, 1.807) is 18.2 Å². The minimum atomic E-state index is -0.341. The van der Waals surface area contributed by atoms with Crippen molar-refractivity contribution in [1.82, 2.24) is 9.88 Å². The summed E-state index contributed by atoms with van der Waals surface area (Å²) in [4.78, 5) is 11.7. The Kier molecular flexibility index (Phi) is 3.77. The van der Waals surface area contributed by atoms with Gasteiger partial charge in [0.2, 0.25) is 5.91 Å². The number of halogens is 1. The Balaban J connectivity index is 1.90. The van der Waals surface area contributed by atoms with Crippen LogP contribution in [0.1, 0.15) is 11.3 Å². The lowest BCUT2D eigenvalue weighted by Crippen LogP contribution is -2.25. The molecule has 1 heterocycles. The van der Waals surface area contributed by atoms with E-state index in [0.717, 1.165) is 5.69 Å². The first-order valence-corrected chi connectivity index (χ1v) is 5.77. The van der Waals surface area contributed by atoms with Gasteiger partial charge in [0.25, 0.3) is 0 Å². The largest absolute Gasteiger partial charge is 0.353 e. The maximum Gasteiger partial charge on any atom is 0.224 e. The number of amides is 1. The van der Waals surface area contributed by atoms with Crippen molar-refractivity contribution in [3.8, 4) is 0 Å². The molecule has 0 saturated carbocycles. The lowest BCUT2D eigenvalue weighted by molar-refractivity contribution is -0.120. The highest BCUT2D eigenvalue weighted by atomic mass is 19.1. The normalized spacial score (nSPS) is 10.3. The molecule has 4 heteroatoms. The van der Waals surface area contributed by atoms with E-state index in [0.29, 0.717) is 12.1 Å². The van der Waals surface area contributed by atoms with Gasteiger partial charge in [-0.25, -0.2) is 4.39 Å². The number of nitrogens with zero attached hydrogens (tertiary/aromatic N) is 1. The Morgan fingerprint density at radius 1 is 1.28 bits per heavy atom. The molecule has 2 aromatic rings. The summed E-state index contributed by atoms with van der Waals surface area (Å²) in [5.41, 5.74) is 1.43. The summed E-state index contributed by atoms with van der Waals surface area (Å²) in [6.45, 7) is 0.455. The van der Waals surface area contributed by atoms with Crippen molar-refractivity contribution in [2.75, 3.05) is 0 Å². The topological polar surface area (TPSA) is 34.0 Å². The molecule has 1 aromatic heterocycles. The van der Waals surface area contributed by atoms with Crippen LogP contribution in [0.2, 0.25) is 0 Å². The number of hydrogen-bond acceptors (Lipinski definition) is 1. The number of aromatic nitrogens is 1. The van der Waals surface area contributed by atoms with Crippen molar-refractivity contribution in [1.29, 1.82) is 0 Å². The van der Waals surface area contributed by atoms with Crippen molar-refractivity contribution in [3.05, 3.63) is 59.7 Å². The molecule has 2 rings (SSSR count). The summed E-state index contributed by atoms with van der Waals surface area (Å²) >= 11 is 0. The van der Waals surface area contributed by atoms with Crippen LogP contribution in [-0.4, -0.2) is 10.5 Å². The zero-order valence-corrected chi connectivity index (χ0v) is 10.2. The number of carbonyl (C=O) groups is 1. The molecule has 0 saturated heterocycles. The van der Waals surface area contributed by atoms with Crippen LogP contribution in [0.4, 0.5) is 4.39 Å². The van der Waals surface area contributed by atoms with Gasteiger partial charge in [0.05, 0.1) is 13.0 Å². The fourth-order valence-corrected chi connectivity index (χ4v) is 1.75. The van der Waals surface area contributed by atoms with Gasteiger partial charge in [-0.15, -0.1) is 0 Å². The van der Waals surface area contributed by atoms with Gasteiger partial charge in [0, 0.05) is 18.9 Å². The molecule has 18 heavy (non-hydrogen) atoms. The number of benzene rings is 1. The summed E-state index contributed by atoms with van der Waals surface area (Å²) in [6.07, 6.45) is 1.98. The van der Waals surface area contributed by atoms with Crippen molar-refractivity contribution in [2.24, 2.45) is 7.05 Å². The maximum absolute atomic E-state index is 13.3. The van der Waals surface area contributed by atoms with Crippen LogP contribution in [-0.2, 0) is 24.8 Å². The van der Waals surface area contributed by atoms with Crippen LogP contribution in [0.5, 0.6) is 0 Å². The first-order chi connectivity index (χ1) is 8.66. The fourth-order valence-electron chi connectivity index (χ4n) is 1.75. The lowest BCUT2D eigenvalue weighted by atomic mass is 10.1. The van der Waals surface area contributed by atoms with Gasteiger partial charge in [-0.1, -0.05) is 18.2 Å². The van der Waals surface area contributed by atoms with Gasteiger partial charge in [-0.3, -0.25) is 4.79 Å². The van der Waals surface area contributed by atoms with Crippen LogP contribution in [0, 0.1) is 5.82 Å². The number of rotatable bonds is 4. The van der Waals surface area contributed by atoms with Crippen LogP contribution >= 0.6 is 0 Å². The molecule has 0 aliphatic rings. The van der Waals surface area contributed by atoms with E-state index in [1.807, 2.05) is 29.9 Å². The minimum Gasteiger partial charge on any atom is -0.353 e. The van der Waals surface area contributed by atoms with Crippen LogP contribution < -0.4 is 5.32 Å². The van der Waals surface area contributed by atoms with E-state index in [9.17, 15) is 9.18 Å². The third-order valence-electron chi connectivity index (χ3n) is 2.83. The van der Waals surface area contributed by atoms with Gasteiger partial charge in [-0.05, 0) is 23.8 Å². The summed E-state index contributed by atoms with van der Waals surface area (Å²) in [5, 5.41) is 2.78. The van der Waals surface area contributed by atoms with Crippen molar-refractivity contribution < 1.29 is 9.18 Å². The average molecular weight is 246 g/mol. The molecule has 0 atom stereocenters. The molecule has 0 aliphatic carbocycles. The fraction of sp³-hybridized carbons (Fsp3) is 0.214. The van der Waals surface area contributed by atoms with Crippen molar-refractivity contribution in [2.45, 2.75) is 13.0 Å². The molecule has 1 amide bonds. The molecular formula is C14H15FN2O. The third-order valence-corrected chi connectivity index (χ3v) is 2.83. The molecule has 0 fully saturated rings. The average Bonchev–Trinajstić information content (AvgIpc) is 2.75. The number of nitrogens with one attached hydrogen (secondary N) is 1. The zero-order valence-electron chi connectivity index (χ0n) is 10.2. The summed E-state index contributed by atoms with van der Waals surface area (Å²) in [5.74, 6) is -0.521. The predicted octanol–water partition coefficient (Wildman–Crippen LogP) is 2.02. The molecule has 94 valence electrons. The molecule has 0 aliphatic heterocycles. The first-order valence-electron chi connectivity index (χ1n) is 5.77. The van der Waals surface area contributed by atoms with Crippen LogP contribution in [0.3, 0.4) is 0 Å². The van der Waals surface area contributed by atoms with Gasteiger partial charge in [-0.2, -0.15) is 0 Å². The van der Waals surface area contributed by atoms with Crippen LogP contribution in [0.15, 0.2) is 42.6 Å². The summed E-state index contributed by atoms with van der Waals surface area (Å²) in [7, 11) is 1.92. The minimum absolute atomic E-state index is 0.0666. The SMILES string of the molecule is Cn1cccc1CNC(=O)Cc1ccccc1F. The number of carbonyl (C=O) groups excluding carboxylic acids is 1. The molecule has 0 spiro atoms. The predicted molar refractivity (Wildman–Crippen MR) is 67.4 cm³/mol.